The lowest BCUT2D eigenvalue weighted by Gasteiger charge is -2.04. The predicted octanol–water partition coefficient (Wildman–Crippen LogP) is 2.83. The van der Waals surface area contributed by atoms with Crippen LogP contribution in [0.2, 0.25) is 0 Å². The van der Waals surface area contributed by atoms with E-state index in [2.05, 4.69) is 20.9 Å². The molecule has 1 aromatic heterocycles. The molecule has 0 aliphatic heterocycles. The molecule has 3 nitrogen and oxygen atoms in total. The number of hydrogen-bond donors (Lipinski definition) is 1. The number of rotatable bonds is 1. The molecule has 1 N–H and O–H groups in total. The summed E-state index contributed by atoms with van der Waals surface area (Å²) in [7, 11) is 0. The van der Waals surface area contributed by atoms with Crippen LogP contribution in [0.4, 0.5) is 4.39 Å². The average Bonchev–Trinajstić information content (AvgIpc) is 2.19. The third-order valence-corrected chi connectivity index (χ3v) is 2.58. The quantitative estimate of drug-likeness (QED) is 0.866. The zero-order chi connectivity index (χ0) is 11.0. The van der Waals surface area contributed by atoms with E-state index in [4.69, 9.17) is 5.11 Å². The molecule has 0 aliphatic rings. The van der Waals surface area contributed by atoms with Crippen LogP contribution in [0.5, 0.6) is 0 Å². The number of carboxylic acid groups (broad SMARTS) is 1. The van der Waals surface area contributed by atoms with E-state index in [9.17, 15) is 9.18 Å². The maximum absolute atomic E-state index is 13.5. The van der Waals surface area contributed by atoms with Crippen molar-refractivity contribution < 1.29 is 14.3 Å². The second kappa shape index (κ2) is 3.58. The van der Waals surface area contributed by atoms with E-state index >= 15 is 0 Å². The Bertz CT molecular complexity index is 556. The average molecular weight is 270 g/mol. The Kier molecular flexibility index (Phi) is 2.40. The first-order valence-corrected chi connectivity index (χ1v) is 4.86. The molecule has 0 saturated heterocycles. The van der Waals surface area contributed by atoms with Gasteiger partial charge >= 0.3 is 5.97 Å². The lowest BCUT2D eigenvalue weighted by atomic mass is 10.1. The number of pyridine rings is 1. The standard InChI is InChI=1S/C10H5BrFNO2/c11-6-4-5-2-1-3-13-9(5)7(8(6)12)10(14)15/h1-4H,(H,14,15). The van der Waals surface area contributed by atoms with Gasteiger partial charge in [0.1, 0.15) is 5.56 Å². The highest BCUT2D eigenvalue weighted by Gasteiger charge is 2.18. The van der Waals surface area contributed by atoms with Gasteiger partial charge in [-0.2, -0.15) is 0 Å². The van der Waals surface area contributed by atoms with E-state index in [0.29, 0.717) is 5.39 Å². The van der Waals surface area contributed by atoms with Crippen LogP contribution in [-0.4, -0.2) is 16.1 Å². The molecule has 2 rings (SSSR count). The van der Waals surface area contributed by atoms with Crippen LogP contribution in [0.25, 0.3) is 10.9 Å². The lowest BCUT2D eigenvalue weighted by molar-refractivity contribution is 0.0694. The number of carboxylic acids is 1. The molecule has 0 saturated carbocycles. The summed E-state index contributed by atoms with van der Waals surface area (Å²) in [5.41, 5.74) is -0.245. The van der Waals surface area contributed by atoms with Crippen LogP contribution >= 0.6 is 15.9 Å². The van der Waals surface area contributed by atoms with Crippen molar-refractivity contribution in [3.05, 3.63) is 40.2 Å². The van der Waals surface area contributed by atoms with E-state index in [-0.39, 0.29) is 9.99 Å². The molecule has 0 spiro atoms. The van der Waals surface area contributed by atoms with Crippen LogP contribution < -0.4 is 0 Å². The summed E-state index contributed by atoms with van der Waals surface area (Å²) >= 11 is 2.97. The minimum atomic E-state index is -1.32. The molecule has 76 valence electrons. The second-order valence-corrected chi connectivity index (χ2v) is 3.78. The zero-order valence-electron chi connectivity index (χ0n) is 7.37. The molecule has 0 aliphatic carbocycles. The van der Waals surface area contributed by atoms with Crippen molar-refractivity contribution in [2.75, 3.05) is 0 Å². The van der Waals surface area contributed by atoms with Crippen LogP contribution in [-0.2, 0) is 0 Å². The van der Waals surface area contributed by atoms with E-state index in [1.54, 1.807) is 12.1 Å². The predicted molar refractivity (Wildman–Crippen MR) is 56.4 cm³/mol. The third-order valence-electron chi connectivity index (χ3n) is 2.00. The van der Waals surface area contributed by atoms with E-state index in [1.165, 1.54) is 12.3 Å². The number of carbonyl (C=O) groups is 1. The van der Waals surface area contributed by atoms with Crippen LogP contribution in [0, 0.1) is 5.82 Å². The number of aromatic carboxylic acids is 1. The van der Waals surface area contributed by atoms with Gasteiger partial charge in [0.05, 0.1) is 9.99 Å². The molecule has 0 unspecified atom stereocenters. The van der Waals surface area contributed by atoms with Crippen LogP contribution in [0.3, 0.4) is 0 Å². The summed E-state index contributed by atoms with van der Waals surface area (Å²) in [5.74, 6) is -2.12. The topological polar surface area (TPSA) is 50.2 Å². The number of halogens is 2. The Balaban J connectivity index is 2.95. The van der Waals surface area contributed by atoms with Crippen molar-refractivity contribution >= 4 is 32.8 Å². The van der Waals surface area contributed by atoms with Crippen molar-refractivity contribution in [2.24, 2.45) is 0 Å². The smallest absolute Gasteiger partial charge is 0.340 e. The molecule has 1 aromatic carbocycles. The van der Waals surface area contributed by atoms with Crippen LogP contribution in [0.15, 0.2) is 28.9 Å². The number of hydrogen-bond acceptors (Lipinski definition) is 2. The molecule has 0 radical (unpaired) electrons. The minimum absolute atomic E-state index is 0.125. The second-order valence-electron chi connectivity index (χ2n) is 2.93. The maximum Gasteiger partial charge on any atom is 0.340 e. The first-order chi connectivity index (χ1) is 7.11. The van der Waals surface area contributed by atoms with E-state index < -0.39 is 17.3 Å². The highest BCUT2D eigenvalue weighted by Crippen LogP contribution is 2.26. The summed E-state index contributed by atoms with van der Waals surface area (Å²) in [4.78, 5) is 14.7. The highest BCUT2D eigenvalue weighted by molar-refractivity contribution is 9.10. The monoisotopic (exact) mass is 269 g/mol. The van der Waals surface area contributed by atoms with Gasteiger partial charge in [-0.3, -0.25) is 4.98 Å². The molecule has 1 heterocycles. The number of nitrogens with zero attached hydrogens (tertiary/aromatic N) is 1. The number of aromatic nitrogens is 1. The number of benzene rings is 1. The normalized spacial score (nSPS) is 10.5. The van der Waals surface area contributed by atoms with Crippen molar-refractivity contribution in [1.82, 2.24) is 4.98 Å². The van der Waals surface area contributed by atoms with Crippen molar-refractivity contribution in [3.63, 3.8) is 0 Å². The fourth-order valence-electron chi connectivity index (χ4n) is 1.36. The van der Waals surface area contributed by atoms with Gasteiger partial charge in [-0.25, -0.2) is 9.18 Å². The molecule has 0 bridgehead atoms. The first kappa shape index (κ1) is 10.0. The Morgan fingerprint density at radius 3 is 2.93 bits per heavy atom. The van der Waals surface area contributed by atoms with Gasteiger partial charge in [-0.1, -0.05) is 6.07 Å². The van der Waals surface area contributed by atoms with Gasteiger partial charge < -0.3 is 5.11 Å². The summed E-state index contributed by atoms with van der Waals surface area (Å²) in [6.45, 7) is 0. The Morgan fingerprint density at radius 1 is 1.53 bits per heavy atom. The maximum atomic E-state index is 13.5. The summed E-state index contributed by atoms with van der Waals surface area (Å²) < 4.78 is 13.6. The van der Waals surface area contributed by atoms with E-state index in [0.717, 1.165) is 0 Å². The van der Waals surface area contributed by atoms with Crippen molar-refractivity contribution in [1.29, 1.82) is 0 Å². The summed E-state index contributed by atoms with van der Waals surface area (Å²) in [5, 5.41) is 9.47. The minimum Gasteiger partial charge on any atom is -0.478 e. The van der Waals surface area contributed by atoms with Gasteiger partial charge in [-0.15, -0.1) is 0 Å². The molecular formula is C10H5BrFNO2. The fourth-order valence-corrected chi connectivity index (χ4v) is 1.81. The van der Waals surface area contributed by atoms with Gasteiger partial charge in [0, 0.05) is 11.6 Å². The molecule has 0 fully saturated rings. The molecule has 5 heteroatoms. The summed E-state index contributed by atoms with van der Waals surface area (Å²) in [6.07, 6.45) is 1.43. The Hall–Kier alpha value is -1.49. The Morgan fingerprint density at radius 2 is 2.27 bits per heavy atom. The lowest BCUT2D eigenvalue weighted by Crippen LogP contribution is -2.03. The SMILES string of the molecule is O=C(O)c1c(F)c(Br)cc2cccnc12. The molecule has 2 aromatic rings. The fraction of sp³-hybridized carbons (Fsp3) is 0. The summed E-state index contributed by atoms with van der Waals surface area (Å²) in [6, 6.07) is 4.85. The first-order valence-electron chi connectivity index (χ1n) is 4.07. The highest BCUT2D eigenvalue weighted by atomic mass is 79.9. The van der Waals surface area contributed by atoms with Gasteiger partial charge in [0.25, 0.3) is 0 Å². The van der Waals surface area contributed by atoms with E-state index in [1.807, 2.05) is 0 Å². The number of fused-ring (bicyclic) bond motifs is 1. The molecule has 15 heavy (non-hydrogen) atoms. The van der Waals surface area contributed by atoms with Gasteiger partial charge in [-0.05, 0) is 28.1 Å². The third kappa shape index (κ3) is 1.59. The van der Waals surface area contributed by atoms with Gasteiger partial charge in [0.15, 0.2) is 5.82 Å². The van der Waals surface area contributed by atoms with Gasteiger partial charge in [0.2, 0.25) is 0 Å². The zero-order valence-corrected chi connectivity index (χ0v) is 8.95. The molecular weight excluding hydrogens is 265 g/mol. The van der Waals surface area contributed by atoms with Crippen LogP contribution in [0.1, 0.15) is 10.4 Å². The van der Waals surface area contributed by atoms with Crippen molar-refractivity contribution in [3.8, 4) is 0 Å². The Labute approximate surface area is 92.7 Å². The van der Waals surface area contributed by atoms with Crippen molar-refractivity contribution in [2.45, 2.75) is 0 Å². The largest absolute Gasteiger partial charge is 0.478 e. The molecule has 0 atom stereocenters. The molecule has 0 amide bonds.